The second-order valence-electron chi connectivity index (χ2n) is 16.8. The number of carboxylic acid groups (broad SMARTS) is 3. The summed E-state index contributed by atoms with van der Waals surface area (Å²) >= 11 is 3.68. The molecule has 0 amide bonds. The average molecular weight is 1110 g/mol. The topological polar surface area (TPSA) is 200 Å². The number of benzene rings is 6. The highest BCUT2D eigenvalue weighted by molar-refractivity contribution is 7.22. The molecular formula is C58H47F3O13S3. The molecule has 396 valence electrons. The largest absolute Gasteiger partial charge is 0.479 e. The van der Waals surface area contributed by atoms with Gasteiger partial charge in [-0.1, -0.05) is 56.7 Å². The van der Waals surface area contributed by atoms with E-state index in [0.29, 0.717) is 55.4 Å². The Labute approximate surface area is 450 Å². The van der Waals surface area contributed by atoms with E-state index >= 15 is 0 Å². The van der Waals surface area contributed by atoms with Crippen LogP contribution in [0.1, 0.15) is 78.8 Å². The zero-order valence-corrected chi connectivity index (χ0v) is 43.6. The molecule has 0 bridgehead atoms. The summed E-state index contributed by atoms with van der Waals surface area (Å²) in [5.41, 5.74) is 0.938. The molecule has 3 atom stereocenters. The van der Waals surface area contributed by atoms with E-state index in [2.05, 4.69) is 0 Å². The lowest BCUT2D eigenvalue weighted by molar-refractivity contribution is -0.147. The fourth-order valence-electron chi connectivity index (χ4n) is 7.60. The number of halogens is 3. The minimum Gasteiger partial charge on any atom is -0.479 e. The van der Waals surface area contributed by atoms with Crippen molar-refractivity contribution >= 4 is 99.5 Å². The zero-order valence-electron chi connectivity index (χ0n) is 41.2. The number of aliphatic carboxylic acids is 3. The fourth-order valence-corrected chi connectivity index (χ4v) is 10.9. The molecule has 19 heteroatoms. The molecule has 3 aromatic heterocycles. The molecule has 0 aliphatic rings. The van der Waals surface area contributed by atoms with E-state index in [0.717, 1.165) is 14.1 Å². The van der Waals surface area contributed by atoms with Crippen LogP contribution < -0.4 is 14.2 Å². The minimum absolute atomic E-state index is 0.163. The van der Waals surface area contributed by atoms with Crippen LogP contribution in [0.15, 0.2) is 146 Å². The smallest absolute Gasteiger partial charge is 0.347 e. The minimum atomic E-state index is -1.25. The SMILES string of the molecule is CCC(Oc1c(C(=O)c2ccc(F)cc2)sc2ccccc12)C(=O)O.CCCC(Oc1c(C(=O)c2ccc(F)cc2)sc2ccccc12)C(=O)O.COCC(Oc1c(C(=O)c2ccc(F)cc2)sc2ccccc12)C(=O)O. The lowest BCUT2D eigenvalue weighted by Crippen LogP contribution is -2.32. The number of thiophene rings is 3. The van der Waals surface area contributed by atoms with Gasteiger partial charge in [0.25, 0.3) is 0 Å². The van der Waals surface area contributed by atoms with E-state index in [4.69, 9.17) is 18.9 Å². The predicted molar refractivity (Wildman–Crippen MR) is 288 cm³/mol. The normalized spacial score (nSPS) is 12.1. The Kier molecular flexibility index (Phi) is 19.1. The number of methoxy groups -OCH3 is 1. The molecule has 77 heavy (non-hydrogen) atoms. The summed E-state index contributed by atoms with van der Waals surface area (Å²) in [6.07, 6.45) is -2.08. The van der Waals surface area contributed by atoms with Crippen molar-refractivity contribution in [3.8, 4) is 17.2 Å². The predicted octanol–water partition coefficient (Wildman–Crippen LogP) is 13.2. The van der Waals surface area contributed by atoms with Crippen LogP contribution in [-0.4, -0.2) is 82.6 Å². The van der Waals surface area contributed by atoms with Crippen LogP contribution in [0.5, 0.6) is 17.2 Å². The lowest BCUT2D eigenvalue weighted by Gasteiger charge is -2.15. The molecule has 0 aliphatic carbocycles. The average Bonchev–Trinajstić information content (AvgIpc) is 4.13. The molecule has 0 fully saturated rings. The van der Waals surface area contributed by atoms with Crippen molar-refractivity contribution < 1.29 is 76.2 Å². The summed E-state index contributed by atoms with van der Waals surface area (Å²) in [5, 5.41) is 30.0. The van der Waals surface area contributed by atoms with Crippen molar-refractivity contribution in [3.63, 3.8) is 0 Å². The van der Waals surface area contributed by atoms with E-state index in [1.807, 2.05) is 49.4 Å². The Hall–Kier alpha value is -8.23. The van der Waals surface area contributed by atoms with Crippen LogP contribution in [0.2, 0.25) is 0 Å². The first-order valence-corrected chi connectivity index (χ1v) is 26.1. The summed E-state index contributed by atoms with van der Waals surface area (Å²) in [5.74, 6) is -4.90. The van der Waals surface area contributed by atoms with Crippen LogP contribution in [-0.2, 0) is 19.1 Å². The van der Waals surface area contributed by atoms with Gasteiger partial charge in [0.1, 0.15) is 43.6 Å². The first kappa shape index (κ1) is 56.5. The number of fused-ring (bicyclic) bond motifs is 3. The van der Waals surface area contributed by atoms with Gasteiger partial charge in [-0.15, -0.1) is 34.0 Å². The van der Waals surface area contributed by atoms with Gasteiger partial charge >= 0.3 is 17.9 Å². The summed E-state index contributed by atoms with van der Waals surface area (Å²) in [7, 11) is 1.37. The summed E-state index contributed by atoms with van der Waals surface area (Å²) in [6, 6.07) is 37.4. The number of hydrogen-bond donors (Lipinski definition) is 3. The van der Waals surface area contributed by atoms with Crippen molar-refractivity contribution in [1.29, 1.82) is 0 Å². The standard InChI is InChI=1S/C20H17FO4S.C19H15FO5S.C19H15FO4S/c1-2-5-15(20(23)24)25-18-14-6-3-4-7-16(14)26-19(18)17(22)12-8-10-13(21)11-9-12;1-24-10-14(19(22)23)25-17-13-4-2-3-5-15(13)26-18(17)16(21)11-6-8-12(20)9-7-11;1-2-14(19(22)23)24-17-13-5-3-4-6-15(13)25-18(17)16(21)11-7-9-12(20)10-8-11/h3-4,6-11,15H,2,5H2,1H3,(H,23,24);2-9,14H,10H2,1H3,(H,22,23);3-10,14H,2H2,1H3,(H,22,23). The summed E-state index contributed by atoms with van der Waals surface area (Å²) in [4.78, 5) is 73.8. The van der Waals surface area contributed by atoms with Crippen molar-refractivity contribution in [1.82, 2.24) is 0 Å². The Morgan fingerprint density at radius 1 is 0.442 bits per heavy atom. The van der Waals surface area contributed by atoms with Crippen LogP contribution in [0.4, 0.5) is 13.2 Å². The first-order valence-electron chi connectivity index (χ1n) is 23.7. The molecule has 3 unspecified atom stereocenters. The second kappa shape index (κ2) is 26.0. The maximum Gasteiger partial charge on any atom is 0.347 e. The number of carboxylic acids is 3. The maximum absolute atomic E-state index is 13.1. The summed E-state index contributed by atoms with van der Waals surface area (Å²) < 4.78 is 63.9. The molecule has 0 spiro atoms. The van der Waals surface area contributed by atoms with E-state index in [1.54, 1.807) is 37.3 Å². The highest BCUT2D eigenvalue weighted by Crippen LogP contribution is 2.42. The third-order valence-corrected chi connectivity index (χ3v) is 14.9. The van der Waals surface area contributed by atoms with Gasteiger partial charge in [-0.05, 0) is 122 Å². The highest BCUT2D eigenvalue weighted by Gasteiger charge is 2.30. The Balaban J connectivity index is 0.000000168. The fraction of sp³-hybridized carbons (Fsp3) is 0.172. The van der Waals surface area contributed by atoms with Crippen LogP contribution in [0.3, 0.4) is 0 Å². The van der Waals surface area contributed by atoms with Gasteiger partial charge in [0.2, 0.25) is 23.5 Å². The van der Waals surface area contributed by atoms with Gasteiger partial charge in [0.15, 0.2) is 18.0 Å². The van der Waals surface area contributed by atoms with Crippen molar-refractivity contribution in [2.45, 2.75) is 51.4 Å². The number of carbonyl (C=O) groups excluding carboxylic acids is 3. The molecule has 0 saturated carbocycles. The van der Waals surface area contributed by atoms with Crippen LogP contribution in [0.25, 0.3) is 30.3 Å². The molecule has 3 N–H and O–H groups in total. The Morgan fingerprint density at radius 3 is 1.03 bits per heavy atom. The van der Waals surface area contributed by atoms with E-state index in [1.165, 1.54) is 114 Å². The second-order valence-corrected chi connectivity index (χ2v) is 19.9. The number of rotatable bonds is 20. The van der Waals surface area contributed by atoms with Gasteiger partial charge in [0, 0.05) is 54.1 Å². The van der Waals surface area contributed by atoms with Gasteiger partial charge < -0.3 is 34.3 Å². The number of carbonyl (C=O) groups is 6. The Bertz CT molecular complexity index is 3410. The molecule has 9 aromatic rings. The van der Waals surface area contributed by atoms with E-state index < -0.39 is 53.7 Å². The zero-order chi connectivity index (χ0) is 55.3. The van der Waals surface area contributed by atoms with Crippen molar-refractivity contribution in [2.75, 3.05) is 13.7 Å². The van der Waals surface area contributed by atoms with Crippen molar-refractivity contribution in [3.05, 3.63) is 194 Å². The molecule has 0 aliphatic heterocycles. The number of ether oxygens (including phenoxy) is 4. The molecule has 0 radical (unpaired) electrons. The molecule has 6 aromatic carbocycles. The van der Waals surface area contributed by atoms with Gasteiger partial charge in [-0.2, -0.15) is 0 Å². The Morgan fingerprint density at radius 2 is 0.740 bits per heavy atom. The highest BCUT2D eigenvalue weighted by atomic mass is 32.1. The van der Waals surface area contributed by atoms with E-state index in [-0.39, 0.29) is 52.5 Å². The molecule has 3 heterocycles. The maximum atomic E-state index is 13.1. The van der Waals surface area contributed by atoms with Gasteiger partial charge in [-0.3, -0.25) is 14.4 Å². The first-order chi connectivity index (χ1) is 37.0. The molecule has 0 saturated heterocycles. The van der Waals surface area contributed by atoms with Crippen molar-refractivity contribution in [2.24, 2.45) is 0 Å². The molecule has 9 rings (SSSR count). The third-order valence-electron chi connectivity index (χ3n) is 11.4. The molecule has 13 nitrogen and oxygen atoms in total. The van der Waals surface area contributed by atoms with E-state index in [9.17, 15) is 57.3 Å². The monoisotopic (exact) mass is 1100 g/mol. The van der Waals surface area contributed by atoms with Gasteiger partial charge in [0.05, 0.1) is 6.61 Å². The van der Waals surface area contributed by atoms with Crippen LogP contribution >= 0.6 is 34.0 Å². The van der Waals surface area contributed by atoms with Crippen LogP contribution in [0, 0.1) is 17.5 Å². The number of ketones is 3. The van der Waals surface area contributed by atoms with Gasteiger partial charge in [-0.25, -0.2) is 27.6 Å². The quantitative estimate of drug-likeness (QED) is 0.0610. The number of hydrogen-bond acceptors (Lipinski definition) is 13. The summed E-state index contributed by atoms with van der Waals surface area (Å²) in [6.45, 7) is 3.41. The molecular weight excluding hydrogens is 1060 g/mol. The lowest BCUT2D eigenvalue weighted by atomic mass is 10.1. The third kappa shape index (κ3) is 13.6.